The molecular weight excluding hydrogens is 839 g/mol. The Kier molecular flexibility index (Phi) is 15.3. The van der Waals surface area contributed by atoms with Crippen LogP contribution >= 0.6 is 50.7 Å². The minimum atomic E-state index is -0.00968. The molecule has 0 saturated carbocycles. The number of halogens is 4. The van der Waals surface area contributed by atoms with Gasteiger partial charge in [0.1, 0.15) is 24.3 Å². The number of benzene rings is 2. The van der Waals surface area contributed by atoms with E-state index < -0.39 is 0 Å². The number of nitrogens with one attached hydrogen (secondary N) is 2. The molecule has 0 amide bonds. The second-order valence-electron chi connectivity index (χ2n) is 13.0. The van der Waals surface area contributed by atoms with Gasteiger partial charge in [-0.05, 0) is 105 Å². The van der Waals surface area contributed by atoms with E-state index in [0.29, 0.717) is 55.7 Å². The monoisotopic (exact) mass is 874 g/mol. The lowest BCUT2D eigenvalue weighted by atomic mass is 10.1. The number of likely N-dealkylation sites (N-methyl/N-ethyl adjacent to an activating group) is 2. The first-order chi connectivity index (χ1) is 26.8. The van der Waals surface area contributed by atoms with Crippen molar-refractivity contribution in [2.75, 3.05) is 51.9 Å². The van der Waals surface area contributed by atoms with Crippen LogP contribution in [0.2, 0.25) is 15.1 Å². The smallest absolute Gasteiger partial charge is 0.161 e. The van der Waals surface area contributed by atoms with Crippen molar-refractivity contribution in [3.8, 4) is 0 Å². The third-order valence-electron chi connectivity index (χ3n) is 7.78. The van der Waals surface area contributed by atoms with E-state index >= 15 is 0 Å². The molecule has 16 heteroatoms. The Labute approximate surface area is 348 Å². The van der Waals surface area contributed by atoms with Crippen LogP contribution in [0.4, 0.5) is 23.0 Å². The Morgan fingerprint density at radius 1 is 0.625 bits per heavy atom. The lowest BCUT2D eigenvalue weighted by Gasteiger charge is -2.10. The number of hydrogen-bond donors (Lipinski definition) is 2. The molecule has 0 atom stereocenters. The number of anilines is 4. The average Bonchev–Trinajstić information content (AvgIpc) is 3.15. The molecule has 0 spiro atoms. The summed E-state index contributed by atoms with van der Waals surface area (Å²) in [6.07, 6.45) is 13.5. The fraction of sp³-hybridized carbons (Fsp3) is 0.200. The number of aromatic nitrogens is 6. The first kappa shape index (κ1) is 42.3. The summed E-state index contributed by atoms with van der Waals surface area (Å²) in [4.78, 5) is 54.1. The van der Waals surface area contributed by atoms with Gasteiger partial charge in [0.15, 0.2) is 11.6 Å². The molecule has 4 heterocycles. The van der Waals surface area contributed by atoms with E-state index in [1.54, 1.807) is 42.7 Å². The fourth-order valence-corrected chi connectivity index (χ4v) is 5.88. The lowest BCUT2D eigenvalue weighted by molar-refractivity contribution is -0.114. The first-order valence-electron chi connectivity index (χ1n) is 17.2. The predicted octanol–water partition coefficient (Wildman–Crippen LogP) is 8.72. The highest BCUT2D eigenvalue weighted by Gasteiger charge is 2.11. The van der Waals surface area contributed by atoms with Gasteiger partial charge in [0, 0.05) is 51.1 Å². The minimum Gasteiger partial charge on any atom is -0.340 e. The average molecular weight is 877 g/mol. The predicted molar refractivity (Wildman–Crippen MR) is 230 cm³/mol. The van der Waals surface area contributed by atoms with Crippen LogP contribution in [0.3, 0.4) is 0 Å². The fourth-order valence-electron chi connectivity index (χ4n) is 5.08. The Balaban J connectivity index is 0.000000214. The highest BCUT2D eigenvalue weighted by molar-refractivity contribution is 9.10. The highest BCUT2D eigenvalue weighted by Crippen LogP contribution is 2.30. The molecule has 0 saturated heterocycles. The Hall–Kier alpha value is -4.89. The molecule has 56 heavy (non-hydrogen) atoms. The standard InChI is InChI=1S/C20H19BrClN5O.C20H19Cl2N5O/c1-27(2)7-3-4-15(28)8-14-9-16-19(11-23-14)24-12-25-20(16)26-13-5-6-18(22)17(21)10-13;1-27(2)7-3-4-15(28)8-14-9-16-19(11-23-14)24-12-25-20(16)26-13-5-6-17(21)18(22)10-13/h2*3-6,9-12H,7-8H2,1-2H3,(H,24,25,26)/b2*4-3+. The molecule has 0 unspecified atom stereocenters. The molecule has 6 aromatic rings. The topological polar surface area (TPSA) is 142 Å². The number of allylic oxidation sites excluding steroid dienone is 2. The normalized spacial score (nSPS) is 11.5. The first-order valence-corrected chi connectivity index (χ1v) is 19.1. The van der Waals surface area contributed by atoms with Crippen molar-refractivity contribution in [1.29, 1.82) is 0 Å². The van der Waals surface area contributed by atoms with Gasteiger partial charge in [0.2, 0.25) is 0 Å². The van der Waals surface area contributed by atoms with Gasteiger partial charge in [-0.1, -0.05) is 47.0 Å². The number of pyridine rings is 2. The molecule has 0 bridgehead atoms. The second kappa shape index (κ2) is 20.3. The number of carbonyl (C=O) groups excluding carboxylic acids is 2. The second-order valence-corrected chi connectivity index (χ2v) is 15.0. The quantitative estimate of drug-likeness (QED) is 0.101. The maximum absolute atomic E-state index is 12.2. The number of rotatable bonds is 14. The Bertz CT molecular complexity index is 2240. The van der Waals surface area contributed by atoms with E-state index in [9.17, 15) is 9.59 Å². The van der Waals surface area contributed by atoms with Gasteiger partial charge < -0.3 is 20.4 Å². The largest absolute Gasteiger partial charge is 0.340 e. The summed E-state index contributed by atoms with van der Waals surface area (Å²) in [5, 5.41) is 9.60. The summed E-state index contributed by atoms with van der Waals surface area (Å²) in [6.45, 7) is 1.43. The maximum atomic E-state index is 12.2. The zero-order valence-corrected chi connectivity index (χ0v) is 34.8. The van der Waals surface area contributed by atoms with Crippen LogP contribution in [-0.2, 0) is 22.4 Å². The van der Waals surface area contributed by atoms with Crippen molar-refractivity contribution in [3.05, 3.63) is 129 Å². The van der Waals surface area contributed by atoms with Gasteiger partial charge >= 0.3 is 0 Å². The van der Waals surface area contributed by atoms with Gasteiger partial charge in [-0.3, -0.25) is 19.6 Å². The Morgan fingerprint density at radius 3 is 1.54 bits per heavy atom. The van der Waals surface area contributed by atoms with Crippen LogP contribution in [-0.4, -0.2) is 92.6 Å². The van der Waals surface area contributed by atoms with Crippen LogP contribution in [0, 0.1) is 0 Å². The van der Waals surface area contributed by atoms with E-state index in [1.807, 2.05) is 80.5 Å². The molecule has 4 aromatic heterocycles. The van der Waals surface area contributed by atoms with Gasteiger partial charge in [0.25, 0.3) is 0 Å². The van der Waals surface area contributed by atoms with Crippen molar-refractivity contribution in [2.24, 2.45) is 0 Å². The molecule has 0 aliphatic carbocycles. The summed E-state index contributed by atoms with van der Waals surface area (Å²) >= 11 is 21.5. The van der Waals surface area contributed by atoms with Crippen LogP contribution < -0.4 is 10.6 Å². The van der Waals surface area contributed by atoms with Gasteiger partial charge in [-0.2, -0.15) is 0 Å². The van der Waals surface area contributed by atoms with Gasteiger partial charge in [-0.25, -0.2) is 19.9 Å². The van der Waals surface area contributed by atoms with Crippen molar-refractivity contribution >= 4 is 107 Å². The van der Waals surface area contributed by atoms with E-state index in [4.69, 9.17) is 34.8 Å². The molecule has 0 radical (unpaired) electrons. The number of carbonyl (C=O) groups is 2. The number of hydrogen-bond acceptors (Lipinski definition) is 12. The summed E-state index contributed by atoms with van der Waals surface area (Å²) in [6, 6.07) is 14.4. The molecule has 0 aliphatic rings. The number of ketones is 2. The number of nitrogens with zero attached hydrogens (tertiary/aromatic N) is 8. The van der Waals surface area contributed by atoms with E-state index in [-0.39, 0.29) is 24.4 Å². The van der Waals surface area contributed by atoms with Crippen molar-refractivity contribution in [1.82, 2.24) is 39.7 Å². The number of fused-ring (bicyclic) bond motifs is 2. The van der Waals surface area contributed by atoms with Crippen LogP contribution in [0.1, 0.15) is 11.4 Å². The van der Waals surface area contributed by atoms with Crippen LogP contribution in [0.15, 0.2) is 102 Å². The molecule has 12 nitrogen and oxygen atoms in total. The van der Waals surface area contributed by atoms with Gasteiger partial charge in [0.05, 0.1) is 51.3 Å². The van der Waals surface area contributed by atoms with Crippen molar-refractivity contribution in [3.63, 3.8) is 0 Å². The van der Waals surface area contributed by atoms with Gasteiger partial charge in [-0.15, -0.1) is 0 Å². The minimum absolute atomic E-state index is 0.00157. The van der Waals surface area contributed by atoms with Crippen molar-refractivity contribution in [2.45, 2.75) is 12.8 Å². The third-order valence-corrected chi connectivity index (χ3v) is 9.73. The molecule has 6 rings (SSSR count). The molecular formula is C40H38BrCl3N10O2. The van der Waals surface area contributed by atoms with Crippen molar-refractivity contribution < 1.29 is 9.59 Å². The summed E-state index contributed by atoms with van der Waals surface area (Å²) in [5.74, 6) is 1.23. The molecule has 2 aromatic carbocycles. The third kappa shape index (κ3) is 12.6. The molecule has 0 aliphatic heterocycles. The van der Waals surface area contributed by atoms with Crippen LogP contribution in [0.25, 0.3) is 21.8 Å². The maximum Gasteiger partial charge on any atom is 0.161 e. The van der Waals surface area contributed by atoms with Crippen LogP contribution in [0.5, 0.6) is 0 Å². The summed E-state index contributed by atoms with van der Waals surface area (Å²) in [5.41, 5.74) is 4.27. The zero-order chi connectivity index (χ0) is 40.2. The summed E-state index contributed by atoms with van der Waals surface area (Å²) < 4.78 is 0.787. The summed E-state index contributed by atoms with van der Waals surface area (Å²) in [7, 11) is 7.80. The lowest BCUT2D eigenvalue weighted by Crippen LogP contribution is -2.11. The SMILES string of the molecule is CN(C)C/C=C/C(=O)Cc1cc2c(Nc3ccc(Cl)c(Br)c3)ncnc2cn1.CN(C)C/C=C/C(=O)Cc1cc2c(Nc3ccc(Cl)c(Cl)c3)ncnc2cn1. The molecule has 2 N–H and O–H groups in total. The van der Waals surface area contributed by atoms with E-state index in [2.05, 4.69) is 56.5 Å². The zero-order valence-electron chi connectivity index (χ0n) is 31.0. The highest BCUT2D eigenvalue weighted by atomic mass is 79.9. The molecule has 0 fully saturated rings. The Morgan fingerprint density at radius 2 is 1.09 bits per heavy atom. The van der Waals surface area contributed by atoms with E-state index in [0.717, 1.165) is 33.2 Å². The van der Waals surface area contributed by atoms with E-state index in [1.165, 1.54) is 12.7 Å². The molecule has 288 valence electrons.